The first-order valence-electron chi connectivity index (χ1n) is 9.91. The van der Waals surface area contributed by atoms with Gasteiger partial charge in [-0.05, 0) is 35.4 Å². The molecule has 30 heavy (non-hydrogen) atoms. The van der Waals surface area contributed by atoms with E-state index in [0.29, 0.717) is 13.0 Å². The van der Waals surface area contributed by atoms with Crippen molar-refractivity contribution in [3.63, 3.8) is 0 Å². The summed E-state index contributed by atoms with van der Waals surface area (Å²) >= 11 is 0. The number of carbonyl (C=O) groups excluding carboxylic acids is 1. The molecule has 0 unspecified atom stereocenters. The van der Waals surface area contributed by atoms with Crippen LogP contribution in [-0.4, -0.2) is 22.5 Å². The molecular weight excluding hydrogens is 374 g/mol. The van der Waals surface area contributed by atoms with E-state index in [1.165, 1.54) is 0 Å². The van der Waals surface area contributed by atoms with Gasteiger partial charge in [-0.2, -0.15) is 0 Å². The second kappa shape index (κ2) is 9.56. The zero-order chi connectivity index (χ0) is 20.6. The lowest BCUT2D eigenvalue weighted by Crippen LogP contribution is -2.14. The number of nitrogens with one attached hydrogen (secondary N) is 2. The summed E-state index contributed by atoms with van der Waals surface area (Å²) in [5.41, 5.74) is 4.77. The molecular formula is C25H23N3O2. The molecule has 5 heteroatoms. The Morgan fingerprint density at radius 3 is 2.43 bits per heavy atom. The fourth-order valence-electron chi connectivity index (χ4n) is 3.23. The number of hydrogen-bond acceptors (Lipinski definition) is 3. The van der Waals surface area contributed by atoms with E-state index in [0.717, 1.165) is 40.2 Å². The van der Waals surface area contributed by atoms with E-state index < -0.39 is 0 Å². The van der Waals surface area contributed by atoms with E-state index in [9.17, 15) is 4.79 Å². The van der Waals surface area contributed by atoms with Crippen LogP contribution in [0.15, 0.2) is 91.4 Å². The van der Waals surface area contributed by atoms with Gasteiger partial charge < -0.3 is 15.0 Å². The number of H-pyrrole nitrogens is 1. The third kappa shape index (κ3) is 5.14. The number of aromatic amines is 1. The largest absolute Gasteiger partial charge is 0.493 e. The van der Waals surface area contributed by atoms with Crippen molar-refractivity contribution < 1.29 is 9.53 Å². The van der Waals surface area contributed by atoms with E-state index in [2.05, 4.69) is 15.3 Å². The number of aromatic nitrogens is 2. The minimum atomic E-state index is -0.0211. The number of anilines is 1. The number of hydrogen-bond donors (Lipinski definition) is 2. The number of carbonyl (C=O) groups is 1. The van der Waals surface area contributed by atoms with Crippen molar-refractivity contribution in [2.75, 3.05) is 11.9 Å². The predicted molar refractivity (Wildman–Crippen MR) is 118 cm³/mol. The summed E-state index contributed by atoms with van der Waals surface area (Å²) in [5, 5.41) is 2.94. The van der Waals surface area contributed by atoms with E-state index in [1.54, 1.807) is 6.33 Å². The molecule has 0 saturated heterocycles. The van der Waals surface area contributed by atoms with Crippen LogP contribution in [0.25, 0.3) is 11.3 Å². The predicted octanol–water partition coefficient (Wildman–Crippen LogP) is 4.88. The summed E-state index contributed by atoms with van der Waals surface area (Å²) in [6.45, 7) is 0.557. The summed E-state index contributed by atoms with van der Waals surface area (Å²) < 4.78 is 6.00. The highest BCUT2D eigenvalue weighted by atomic mass is 16.5. The molecule has 3 aromatic carbocycles. The molecule has 0 spiro atoms. The first-order valence-corrected chi connectivity index (χ1v) is 9.91. The minimum Gasteiger partial charge on any atom is -0.493 e. The molecule has 0 bridgehead atoms. The molecule has 2 N–H and O–H groups in total. The molecule has 1 aromatic heterocycles. The van der Waals surface area contributed by atoms with Crippen LogP contribution in [0, 0.1) is 0 Å². The van der Waals surface area contributed by atoms with Crippen LogP contribution >= 0.6 is 0 Å². The van der Waals surface area contributed by atoms with Crippen molar-refractivity contribution >= 4 is 11.6 Å². The second-order valence-corrected chi connectivity index (χ2v) is 6.96. The molecule has 0 radical (unpaired) electrons. The van der Waals surface area contributed by atoms with Gasteiger partial charge in [0.05, 0.1) is 25.0 Å². The Kier molecular flexibility index (Phi) is 6.20. The molecule has 1 amide bonds. The maximum atomic E-state index is 12.2. The first kappa shape index (κ1) is 19.5. The van der Waals surface area contributed by atoms with Gasteiger partial charge in [-0.25, -0.2) is 4.98 Å². The van der Waals surface area contributed by atoms with Crippen molar-refractivity contribution in [3.05, 3.63) is 103 Å². The summed E-state index contributed by atoms with van der Waals surface area (Å²) in [6.07, 6.45) is 4.65. The van der Waals surface area contributed by atoms with Crippen LogP contribution < -0.4 is 10.1 Å². The minimum absolute atomic E-state index is 0.0211. The van der Waals surface area contributed by atoms with Gasteiger partial charge in [-0.3, -0.25) is 4.79 Å². The monoisotopic (exact) mass is 397 g/mol. The van der Waals surface area contributed by atoms with Crippen molar-refractivity contribution in [2.45, 2.75) is 12.8 Å². The van der Waals surface area contributed by atoms with E-state index in [-0.39, 0.29) is 5.91 Å². The number of rotatable bonds is 8. The van der Waals surface area contributed by atoms with E-state index in [1.807, 2.05) is 85.1 Å². The fourth-order valence-corrected chi connectivity index (χ4v) is 3.23. The van der Waals surface area contributed by atoms with Crippen LogP contribution in [0.4, 0.5) is 5.69 Å². The third-order valence-electron chi connectivity index (χ3n) is 4.75. The highest BCUT2D eigenvalue weighted by Gasteiger charge is 2.08. The van der Waals surface area contributed by atoms with Gasteiger partial charge in [-0.15, -0.1) is 0 Å². The second-order valence-electron chi connectivity index (χ2n) is 6.96. The standard InChI is InChI=1S/C25H23N3O2/c29-25(16-20-6-2-1-3-7-20)28-21-12-10-19(11-13-21)14-15-30-24-9-5-4-8-22(24)23-17-26-18-27-23/h1-13,17-18H,14-16H2,(H,26,27)(H,28,29). The summed E-state index contributed by atoms with van der Waals surface area (Å²) in [7, 11) is 0. The Hall–Kier alpha value is -3.86. The van der Waals surface area contributed by atoms with Crippen LogP contribution in [0.3, 0.4) is 0 Å². The molecule has 0 aliphatic rings. The van der Waals surface area contributed by atoms with Gasteiger partial charge in [-0.1, -0.05) is 54.6 Å². The average molecular weight is 397 g/mol. The summed E-state index contributed by atoms with van der Waals surface area (Å²) in [6, 6.07) is 25.5. The normalized spacial score (nSPS) is 10.5. The zero-order valence-corrected chi connectivity index (χ0v) is 16.5. The number of benzene rings is 3. The Morgan fingerprint density at radius 2 is 1.67 bits per heavy atom. The van der Waals surface area contributed by atoms with Crippen molar-refractivity contribution in [1.82, 2.24) is 9.97 Å². The number of nitrogens with zero attached hydrogens (tertiary/aromatic N) is 1. The Labute approximate surface area is 175 Å². The van der Waals surface area contributed by atoms with Crippen LogP contribution in [0.2, 0.25) is 0 Å². The van der Waals surface area contributed by atoms with Crippen molar-refractivity contribution in [2.24, 2.45) is 0 Å². The van der Waals surface area contributed by atoms with E-state index in [4.69, 9.17) is 4.74 Å². The first-order chi connectivity index (χ1) is 14.8. The van der Waals surface area contributed by atoms with Gasteiger partial charge in [0, 0.05) is 23.9 Å². The number of amides is 1. The van der Waals surface area contributed by atoms with Crippen LogP contribution in [-0.2, 0) is 17.6 Å². The molecule has 0 saturated carbocycles. The third-order valence-corrected chi connectivity index (χ3v) is 4.75. The summed E-state index contributed by atoms with van der Waals surface area (Å²) in [4.78, 5) is 19.5. The van der Waals surface area contributed by atoms with Crippen LogP contribution in [0.5, 0.6) is 5.75 Å². The maximum Gasteiger partial charge on any atom is 0.228 e. The lowest BCUT2D eigenvalue weighted by molar-refractivity contribution is -0.115. The molecule has 5 nitrogen and oxygen atoms in total. The van der Waals surface area contributed by atoms with Crippen molar-refractivity contribution in [1.29, 1.82) is 0 Å². The smallest absolute Gasteiger partial charge is 0.228 e. The quantitative estimate of drug-likeness (QED) is 0.445. The molecule has 0 fully saturated rings. The zero-order valence-electron chi connectivity index (χ0n) is 16.5. The molecule has 0 aliphatic heterocycles. The molecule has 0 atom stereocenters. The SMILES string of the molecule is O=C(Cc1ccccc1)Nc1ccc(CCOc2ccccc2-c2c[nH]cn2)cc1. The van der Waals surface area contributed by atoms with E-state index >= 15 is 0 Å². The lowest BCUT2D eigenvalue weighted by atomic mass is 10.1. The lowest BCUT2D eigenvalue weighted by Gasteiger charge is -2.11. The molecule has 150 valence electrons. The molecule has 4 aromatic rings. The van der Waals surface area contributed by atoms with Gasteiger partial charge in [0.2, 0.25) is 5.91 Å². The Morgan fingerprint density at radius 1 is 0.900 bits per heavy atom. The topological polar surface area (TPSA) is 67.0 Å². The van der Waals surface area contributed by atoms with Gasteiger partial charge in [0.25, 0.3) is 0 Å². The Balaban J connectivity index is 1.29. The molecule has 0 aliphatic carbocycles. The van der Waals surface area contributed by atoms with Gasteiger partial charge in [0.1, 0.15) is 5.75 Å². The van der Waals surface area contributed by atoms with Gasteiger partial charge in [0.15, 0.2) is 0 Å². The molecule has 4 rings (SSSR count). The summed E-state index contributed by atoms with van der Waals surface area (Å²) in [5.74, 6) is 0.793. The van der Waals surface area contributed by atoms with Crippen LogP contribution in [0.1, 0.15) is 11.1 Å². The Bertz CT molecular complexity index is 1080. The van der Waals surface area contributed by atoms with Crippen molar-refractivity contribution in [3.8, 4) is 17.0 Å². The highest BCUT2D eigenvalue weighted by Crippen LogP contribution is 2.28. The fraction of sp³-hybridized carbons (Fsp3) is 0.120. The number of para-hydroxylation sites is 1. The number of ether oxygens (including phenoxy) is 1. The maximum absolute atomic E-state index is 12.2. The molecule has 1 heterocycles. The average Bonchev–Trinajstić information content (AvgIpc) is 3.31. The highest BCUT2D eigenvalue weighted by molar-refractivity contribution is 5.92. The van der Waals surface area contributed by atoms with Gasteiger partial charge >= 0.3 is 0 Å². The number of imidazole rings is 1.